The number of aromatic hydroxyl groups is 1. The molecule has 0 unspecified atom stereocenters. The maximum atomic E-state index is 10.4. The van der Waals surface area contributed by atoms with Crippen molar-refractivity contribution in [1.29, 1.82) is 0 Å². The van der Waals surface area contributed by atoms with E-state index in [-0.39, 0.29) is 36.5 Å². The van der Waals surface area contributed by atoms with Crippen molar-refractivity contribution in [2.24, 2.45) is 0 Å². The van der Waals surface area contributed by atoms with Crippen molar-refractivity contribution in [3.05, 3.63) is 114 Å². The number of benzene rings is 4. The van der Waals surface area contributed by atoms with Crippen molar-refractivity contribution in [3.8, 4) is 56.9 Å². The first-order valence-corrected chi connectivity index (χ1v) is 17.4. The first-order valence-electron chi connectivity index (χ1n) is 17.4. The molecule has 0 atom stereocenters. The Morgan fingerprint density at radius 1 is 0.824 bits per heavy atom. The number of aromatic nitrogens is 1. The van der Waals surface area contributed by atoms with E-state index in [1.165, 1.54) is 27.8 Å². The van der Waals surface area contributed by atoms with Crippen molar-refractivity contribution in [2.45, 2.75) is 51.5 Å². The van der Waals surface area contributed by atoms with Crippen LogP contribution in [0.1, 0.15) is 41.5 Å². The number of pyridine rings is 1. The van der Waals surface area contributed by atoms with E-state index in [2.05, 4.69) is 60.3 Å². The Kier molecular flexibility index (Phi) is 11.4. The number of phenolic OH excluding ortho intramolecular Hbond substituents is 1. The van der Waals surface area contributed by atoms with Gasteiger partial charge in [0.1, 0.15) is 11.5 Å². The average Bonchev–Trinajstić information content (AvgIpc) is 3.60. The second-order valence-electron chi connectivity index (χ2n) is 12.8. The normalized spacial score (nSPS) is 12.4. The molecule has 4 aromatic carbocycles. The van der Waals surface area contributed by atoms with E-state index >= 15 is 0 Å². The highest BCUT2D eigenvalue weighted by atomic mass is 127. The smallest absolute Gasteiger partial charge is 0.231 e. The molecule has 0 amide bonds. The van der Waals surface area contributed by atoms with Crippen LogP contribution in [-0.4, -0.2) is 32.7 Å². The number of nitrogens with zero attached hydrogens (tertiary/aromatic N) is 1. The van der Waals surface area contributed by atoms with Crippen molar-refractivity contribution < 1.29 is 57.3 Å². The molecule has 7 nitrogen and oxygen atoms in total. The average molecular weight is 798 g/mol. The third kappa shape index (κ3) is 7.24. The number of hydrogen-bond donors (Lipinski definition) is 1. The maximum Gasteiger partial charge on any atom is 0.231 e. The second-order valence-corrected chi connectivity index (χ2v) is 12.8. The van der Waals surface area contributed by atoms with Gasteiger partial charge in [-0.2, -0.15) is 4.57 Å². The Bertz CT molecular complexity index is 2090. The van der Waals surface area contributed by atoms with Crippen LogP contribution in [0, 0.1) is 0 Å². The minimum atomic E-state index is 0. The minimum Gasteiger partial charge on any atom is -1.00 e. The molecule has 1 N–H and O–H groups in total. The number of fused-ring (bicyclic) bond motifs is 5. The summed E-state index contributed by atoms with van der Waals surface area (Å²) in [5.41, 5.74) is 9.04. The molecule has 0 spiro atoms. The van der Waals surface area contributed by atoms with Crippen LogP contribution < -0.4 is 52.2 Å². The molecule has 0 bridgehead atoms. The summed E-state index contributed by atoms with van der Waals surface area (Å²) >= 11 is 0. The Morgan fingerprint density at radius 2 is 1.63 bits per heavy atom. The molecule has 3 heterocycles. The van der Waals surface area contributed by atoms with Crippen LogP contribution in [0.4, 0.5) is 0 Å². The summed E-state index contributed by atoms with van der Waals surface area (Å²) in [5.74, 6) is 4.22. The molecule has 2 aliphatic rings. The highest BCUT2D eigenvalue weighted by Gasteiger charge is 2.32. The summed E-state index contributed by atoms with van der Waals surface area (Å²) in [4.78, 5) is 0. The van der Waals surface area contributed by atoms with Crippen LogP contribution in [0.25, 0.3) is 33.2 Å². The Balaban J connectivity index is 0.00000448. The molecular weight excluding hydrogens is 753 g/mol. The van der Waals surface area contributed by atoms with Gasteiger partial charge < -0.3 is 52.8 Å². The van der Waals surface area contributed by atoms with Gasteiger partial charge in [-0.1, -0.05) is 24.3 Å². The van der Waals surface area contributed by atoms with Gasteiger partial charge in [-0.25, -0.2) is 0 Å². The van der Waals surface area contributed by atoms with Gasteiger partial charge in [0, 0.05) is 22.9 Å². The van der Waals surface area contributed by atoms with Gasteiger partial charge in [0.15, 0.2) is 35.7 Å². The predicted octanol–water partition coefficient (Wildman–Crippen LogP) is 5.72. The van der Waals surface area contributed by atoms with Gasteiger partial charge >= 0.3 is 0 Å². The van der Waals surface area contributed by atoms with Gasteiger partial charge in [0.25, 0.3) is 0 Å². The van der Waals surface area contributed by atoms with Crippen molar-refractivity contribution in [3.63, 3.8) is 0 Å². The third-order valence-corrected chi connectivity index (χ3v) is 9.75. The fourth-order valence-electron chi connectivity index (χ4n) is 7.32. The monoisotopic (exact) mass is 797 g/mol. The molecule has 0 saturated heterocycles. The number of hydrogen-bond acceptors (Lipinski definition) is 6. The largest absolute Gasteiger partial charge is 1.00 e. The Hall–Kier alpha value is -4.70. The highest BCUT2D eigenvalue weighted by Crippen LogP contribution is 2.44. The molecule has 8 heteroatoms. The minimum absolute atomic E-state index is 0. The Labute approximate surface area is 317 Å². The van der Waals surface area contributed by atoms with Crippen LogP contribution in [-0.2, 0) is 32.2 Å². The summed E-state index contributed by atoms with van der Waals surface area (Å²) in [7, 11) is 3.39. The van der Waals surface area contributed by atoms with E-state index in [1.807, 2.05) is 24.3 Å². The maximum absolute atomic E-state index is 10.4. The van der Waals surface area contributed by atoms with Crippen LogP contribution >= 0.6 is 0 Å². The SMILES string of the molecule is C=CCc1ccc(OCCCCCc2c3[n+](cc4c(OC)c(OC)ccc24)CCc2cc4c(cc2-3)OCO4)c(-c2ccc(O)c(CC=C)c2)c1.[I-]. The fourth-order valence-corrected chi connectivity index (χ4v) is 7.32. The van der Waals surface area contributed by atoms with Crippen LogP contribution in [0.5, 0.6) is 34.5 Å². The molecule has 0 fully saturated rings. The number of methoxy groups -OCH3 is 2. The summed E-state index contributed by atoms with van der Waals surface area (Å²) < 4.78 is 31.9. The van der Waals surface area contributed by atoms with E-state index in [0.29, 0.717) is 13.0 Å². The number of allylic oxidation sites excluding steroid dienone is 2. The standard InChI is InChI=1S/C43H43NO6.HI/c1-5-10-28-13-17-38(34(22-28)29-14-16-37(45)31(23-29)11-6-2)48-21-9-7-8-12-33-32-15-18-39(46-3)43(47-4)36(32)26-44-20-19-30-24-40-41(50-27-49-40)25-35(30)42(33)44;/h5-6,13-18,22-26H,1-2,7-12,19-21,27H2,3-4H3;1H. The van der Waals surface area contributed by atoms with Gasteiger partial charge in [-0.3, -0.25) is 0 Å². The number of aryl methyl sites for hydroxylation is 3. The van der Waals surface area contributed by atoms with E-state index in [0.717, 1.165) is 101 Å². The molecule has 51 heavy (non-hydrogen) atoms. The molecule has 264 valence electrons. The van der Waals surface area contributed by atoms with Gasteiger partial charge in [0.05, 0.1) is 31.8 Å². The van der Waals surface area contributed by atoms with E-state index in [9.17, 15) is 5.11 Å². The number of rotatable bonds is 14. The first-order chi connectivity index (χ1) is 24.5. The molecule has 0 radical (unpaired) electrons. The zero-order valence-corrected chi connectivity index (χ0v) is 31.5. The Morgan fingerprint density at radius 3 is 2.41 bits per heavy atom. The second kappa shape index (κ2) is 16.1. The number of phenols is 1. The zero-order valence-electron chi connectivity index (χ0n) is 29.3. The van der Waals surface area contributed by atoms with Crippen molar-refractivity contribution in [1.82, 2.24) is 0 Å². The molecule has 0 aliphatic carbocycles. The topological polar surface area (TPSA) is 70.3 Å². The number of ether oxygens (including phenoxy) is 5. The van der Waals surface area contributed by atoms with Crippen LogP contribution in [0.3, 0.4) is 0 Å². The lowest BCUT2D eigenvalue weighted by atomic mass is 9.89. The summed E-state index contributed by atoms with van der Waals surface area (Å²) in [6, 6.07) is 20.5. The van der Waals surface area contributed by atoms with Crippen LogP contribution in [0.15, 0.2) is 92.2 Å². The summed E-state index contributed by atoms with van der Waals surface area (Å²) in [6.45, 7) is 9.48. The highest BCUT2D eigenvalue weighted by molar-refractivity contribution is 5.95. The summed E-state index contributed by atoms with van der Waals surface area (Å²) in [6.07, 6.45) is 12.0. The predicted molar refractivity (Wildman–Crippen MR) is 197 cm³/mol. The summed E-state index contributed by atoms with van der Waals surface area (Å²) in [5, 5.41) is 12.6. The molecule has 0 saturated carbocycles. The van der Waals surface area contributed by atoms with E-state index < -0.39 is 0 Å². The van der Waals surface area contributed by atoms with E-state index in [1.54, 1.807) is 26.4 Å². The molecular formula is C43H44INO6. The number of halogens is 1. The molecule has 2 aliphatic heterocycles. The van der Waals surface area contributed by atoms with Crippen LogP contribution in [0.2, 0.25) is 0 Å². The van der Waals surface area contributed by atoms with Crippen molar-refractivity contribution in [2.75, 3.05) is 27.6 Å². The lowest BCUT2D eigenvalue weighted by molar-refractivity contribution is -0.686. The van der Waals surface area contributed by atoms with Gasteiger partial charge in [-0.15, -0.1) is 13.2 Å². The van der Waals surface area contributed by atoms with Gasteiger partial charge in [-0.05, 0) is 109 Å². The third-order valence-electron chi connectivity index (χ3n) is 9.75. The lowest BCUT2D eigenvalue weighted by Crippen LogP contribution is -3.00. The molecule has 1 aromatic heterocycles. The number of unbranched alkanes of at least 4 members (excludes halogenated alkanes) is 2. The zero-order chi connectivity index (χ0) is 34.6. The quantitative estimate of drug-likeness (QED) is 0.0672. The fraction of sp³-hybridized carbons (Fsp3) is 0.279. The first kappa shape index (κ1) is 36.1. The van der Waals surface area contributed by atoms with Gasteiger partial charge in [0.2, 0.25) is 12.5 Å². The lowest BCUT2D eigenvalue weighted by Gasteiger charge is -2.21. The van der Waals surface area contributed by atoms with E-state index in [4.69, 9.17) is 23.7 Å². The molecule has 7 rings (SSSR count). The van der Waals surface area contributed by atoms with Crippen molar-refractivity contribution >= 4 is 10.8 Å². The molecule has 5 aromatic rings.